The van der Waals surface area contributed by atoms with Gasteiger partial charge in [-0.25, -0.2) is 9.78 Å². The van der Waals surface area contributed by atoms with E-state index in [1.807, 2.05) is 0 Å². The second-order valence-corrected chi connectivity index (χ2v) is 4.62. The molecule has 0 bridgehead atoms. The maximum absolute atomic E-state index is 11.5. The third-order valence-corrected chi connectivity index (χ3v) is 3.74. The standard InChI is InChI=1S/C10H13IN2O2/c1-2-15-10(14)8-9(11)13(6-12-8)7-4-3-5-7/h6-7H,2-5H2,1H3. The summed E-state index contributed by atoms with van der Waals surface area (Å²) in [7, 11) is 0. The van der Waals surface area contributed by atoms with Crippen LogP contribution < -0.4 is 0 Å². The van der Waals surface area contributed by atoms with Crippen molar-refractivity contribution in [1.29, 1.82) is 0 Å². The van der Waals surface area contributed by atoms with Crippen LogP contribution in [0.4, 0.5) is 0 Å². The Morgan fingerprint density at radius 3 is 3.00 bits per heavy atom. The molecule has 1 fully saturated rings. The maximum atomic E-state index is 11.5. The normalized spacial score (nSPS) is 16.1. The minimum absolute atomic E-state index is 0.319. The van der Waals surface area contributed by atoms with Crippen molar-refractivity contribution in [3.8, 4) is 0 Å². The monoisotopic (exact) mass is 320 g/mol. The lowest BCUT2D eigenvalue weighted by atomic mass is 9.93. The molecule has 0 saturated heterocycles. The highest BCUT2D eigenvalue weighted by Gasteiger charge is 2.25. The number of ether oxygens (including phenoxy) is 1. The van der Waals surface area contributed by atoms with Crippen LogP contribution >= 0.6 is 22.6 Å². The number of carbonyl (C=O) groups is 1. The van der Waals surface area contributed by atoms with E-state index in [-0.39, 0.29) is 5.97 Å². The van der Waals surface area contributed by atoms with Gasteiger partial charge in [0, 0.05) is 6.04 Å². The molecule has 0 aliphatic heterocycles. The van der Waals surface area contributed by atoms with E-state index in [0.29, 0.717) is 18.3 Å². The molecule has 1 aromatic heterocycles. The van der Waals surface area contributed by atoms with Crippen LogP contribution in [0.2, 0.25) is 0 Å². The van der Waals surface area contributed by atoms with Gasteiger partial charge in [0.05, 0.1) is 12.9 Å². The van der Waals surface area contributed by atoms with E-state index >= 15 is 0 Å². The summed E-state index contributed by atoms with van der Waals surface area (Å²) in [5.74, 6) is -0.319. The SMILES string of the molecule is CCOC(=O)c1ncn(C2CCC2)c1I. The van der Waals surface area contributed by atoms with Crippen LogP contribution in [0.3, 0.4) is 0 Å². The Labute approximate surface area is 102 Å². The van der Waals surface area contributed by atoms with Gasteiger partial charge in [0.1, 0.15) is 3.70 Å². The smallest absolute Gasteiger partial charge is 0.359 e. The largest absolute Gasteiger partial charge is 0.461 e. The van der Waals surface area contributed by atoms with E-state index in [1.165, 1.54) is 19.3 Å². The van der Waals surface area contributed by atoms with Crippen LogP contribution in [0.5, 0.6) is 0 Å². The molecular formula is C10H13IN2O2. The lowest BCUT2D eigenvalue weighted by molar-refractivity contribution is 0.0518. The Kier molecular flexibility index (Phi) is 3.28. The second-order valence-electron chi connectivity index (χ2n) is 3.60. The summed E-state index contributed by atoms with van der Waals surface area (Å²) in [4.78, 5) is 15.6. The lowest BCUT2D eigenvalue weighted by Gasteiger charge is -2.27. The fourth-order valence-corrected chi connectivity index (χ4v) is 2.48. The quantitative estimate of drug-likeness (QED) is 0.634. The molecule has 1 aliphatic rings. The van der Waals surface area contributed by atoms with Crippen LogP contribution in [0.25, 0.3) is 0 Å². The number of esters is 1. The van der Waals surface area contributed by atoms with E-state index in [0.717, 1.165) is 3.70 Å². The van der Waals surface area contributed by atoms with Crippen LogP contribution in [0.15, 0.2) is 6.33 Å². The Morgan fingerprint density at radius 1 is 1.73 bits per heavy atom. The third-order valence-electron chi connectivity index (χ3n) is 2.67. The molecule has 0 N–H and O–H groups in total. The first-order chi connectivity index (χ1) is 7.24. The van der Waals surface area contributed by atoms with Gasteiger partial charge in [0.15, 0.2) is 5.69 Å². The van der Waals surface area contributed by atoms with Gasteiger partial charge >= 0.3 is 5.97 Å². The number of halogens is 1. The molecule has 2 rings (SSSR count). The number of carbonyl (C=O) groups excluding carboxylic acids is 1. The average molecular weight is 320 g/mol. The highest BCUT2D eigenvalue weighted by molar-refractivity contribution is 14.1. The molecule has 5 heteroatoms. The van der Waals surface area contributed by atoms with Crippen molar-refractivity contribution in [2.45, 2.75) is 32.2 Å². The van der Waals surface area contributed by atoms with Crippen molar-refractivity contribution in [3.63, 3.8) is 0 Å². The predicted octanol–water partition coefficient (Wildman–Crippen LogP) is 2.39. The fourth-order valence-electron chi connectivity index (χ4n) is 1.60. The van der Waals surface area contributed by atoms with Gasteiger partial charge < -0.3 is 9.30 Å². The maximum Gasteiger partial charge on any atom is 0.359 e. The zero-order chi connectivity index (χ0) is 10.8. The molecule has 0 spiro atoms. The van der Waals surface area contributed by atoms with Crippen molar-refractivity contribution < 1.29 is 9.53 Å². The minimum atomic E-state index is -0.319. The highest BCUT2D eigenvalue weighted by atomic mass is 127. The molecule has 0 aromatic carbocycles. The molecule has 0 atom stereocenters. The van der Waals surface area contributed by atoms with E-state index in [4.69, 9.17) is 4.74 Å². The Hall–Kier alpha value is -0.590. The molecule has 1 heterocycles. The van der Waals surface area contributed by atoms with E-state index in [2.05, 4.69) is 32.1 Å². The van der Waals surface area contributed by atoms with Crippen LogP contribution in [0.1, 0.15) is 42.7 Å². The summed E-state index contributed by atoms with van der Waals surface area (Å²) in [5.41, 5.74) is 0.448. The molecular weight excluding hydrogens is 307 g/mol. The summed E-state index contributed by atoms with van der Waals surface area (Å²) >= 11 is 2.16. The summed E-state index contributed by atoms with van der Waals surface area (Å²) in [6, 6.07) is 0.535. The number of nitrogens with zero attached hydrogens (tertiary/aromatic N) is 2. The van der Waals surface area contributed by atoms with Crippen molar-refractivity contribution in [1.82, 2.24) is 9.55 Å². The number of imidazole rings is 1. The second kappa shape index (κ2) is 4.51. The molecule has 1 saturated carbocycles. The van der Waals surface area contributed by atoms with Gasteiger partial charge in [0.25, 0.3) is 0 Å². The summed E-state index contributed by atoms with van der Waals surface area (Å²) in [6.07, 6.45) is 5.40. The van der Waals surface area contributed by atoms with Gasteiger partial charge in [-0.1, -0.05) is 0 Å². The molecule has 15 heavy (non-hydrogen) atoms. The molecule has 0 radical (unpaired) electrons. The number of aromatic nitrogens is 2. The number of rotatable bonds is 3. The van der Waals surface area contributed by atoms with E-state index in [1.54, 1.807) is 13.3 Å². The highest BCUT2D eigenvalue weighted by Crippen LogP contribution is 2.33. The van der Waals surface area contributed by atoms with E-state index in [9.17, 15) is 4.79 Å². The Bertz CT molecular complexity index is 371. The Balaban J connectivity index is 2.19. The number of hydrogen-bond acceptors (Lipinski definition) is 3. The average Bonchev–Trinajstić information content (AvgIpc) is 2.46. The number of hydrogen-bond donors (Lipinski definition) is 0. The summed E-state index contributed by atoms with van der Waals surface area (Å²) < 4.78 is 7.91. The topological polar surface area (TPSA) is 44.1 Å². The lowest BCUT2D eigenvalue weighted by Crippen LogP contribution is -2.18. The van der Waals surface area contributed by atoms with Crippen molar-refractivity contribution in [2.75, 3.05) is 6.61 Å². The van der Waals surface area contributed by atoms with Gasteiger partial charge in [-0.2, -0.15) is 0 Å². The van der Waals surface area contributed by atoms with Crippen LogP contribution in [-0.4, -0.2) is 22.1 Å². The molecule has 1 aromatic rings. The Morgan fingerprint density at radius 2 is 2.47 bits per heavy atom. The first-order valence-electron chi connectivity index (χ1n) is 5.13. The van der Waals surface area contributed by atoms with E-state index < -0.39 is 0 Å². The summed E-state index contributed by atoms with van der Waals surface area (Å²) in [5, 5.41) is 0. The van der Waals surface area contributed by atoms with Gasteiger partial charge in [0.2, 0.25) is 0 Å². The van der Waals surface area contributed by atoms with Crippen molar-refractivity contribution in [3.05, 3.63) is 15.7 Å². The first kappa shape index (κ1) is 10.9. The molecule has 0 amide bonds. The van der Waals surface area contributed by atoms with Crippen LogP contribution in [0, 0.1) is 3.70 Å². The van der Waals surface area contributed by atoms with Gasteiger partial charge in [-0.15, -0.1) is 0 Å². The predicted molar refractivity (Wildman–Crippen MR) is 63.8 cm³/mol. The zero-order valence-electron chi connectivity index (χ0n) is 8.57. The third kappa shape index (κ3) is 2.02. The first-order valence-corrected chi connectivity index (χ1v) is 6.21. The molecule has 0 unspecified atom stereocenters. The van der Waals surface area contributed by atoms with Crippen molar-refractivity contribution in [2.24, 2.45) is 0 Å². The molecule has 1 aliphatic carbocycles. The van der Waals surface area contributed by atoms with Gasteiger partial charge in [-0.05, 0) is 48.8 Å². The van der Waals surface area contributed by atoms with Crippen LogP contribution in [-0.2, 0) is 4.74 Å². The van der Waals surface area contributed by atoms with Crippen molar-refractivity contribution >= 4 is 28.6 Å². The summed E-state index contributed by atoms with van der Waals surface area (Å²) in [6.45, 7) is 2.19. The van der Waals surface area contributed by atoms with Gasteiger partial charge in [-0.3, -0.25) is 0 Å². The zero-order valence-corrected chi connectivity index (χ0v) is 10.7. The minimum Gasteiger partial charge on any atom is -0.461 e. The fraction of sp³-hybridized carbons (Fsp3) is 0.600. The molecule has 4 nitrogen and oxygen atoms in total. The molecule has 82 valence electrons.